The molecule has 7 heteroatoms. The van der Waals surface area contributed by atoms with E-state index in [2.05, 4.69) is 0 Å². The van der Waals surface area contributed by atoms with Crippen LogP contribution in [0.25, 0.3) is 6.08 Å². The van der Waals surface area contributed by atoms with E-state index in [-0.39, 0.29) is 11.6 Å². The highest BCUT2D eigenvalue weighted by atomic mass is 19.4. The smallest absolute Gasteiger partial charge is 0.345 e. The highest BCUT2D eigenvalue weighted by Gasteiger charge is 2.39. The Kier molecular flexibility index (Phi) is 5.35. The van der Waals surface area contributed by atoms with Crippen molar-refractivity contribution >= 4 is 23.6 Å². The zero-order valence-electron chi connectivity index (χ0n) is 12.7. The molecule has 0 aliphatic heterocycles. The van der Waals surface area contributed by atoms with Gasteiger partial charge in [0, 0.05) is 25.9 Å². The van der Waals surface area contributed by atoms with Gasteiger partial charge in [-0.25, -0.2) is 0 Å². The maximum atomic E-state index is 12.3. The second-order valence-corrected chi connectivity index (χ2v) is 5.05. The fourth-order valence-corrected chi connectivity index (χ4v) is 1.79. The van der Waals surface area contributed by atoms with Crippen LogP contribution in [0.5, 0.6) is 0 Å². The van der Waals surface area contributed by atoms with Crippen LogP contribution < -0.4 is 5.32 Å². The van der Waals surface area contributed by atoms with Crippen molar-refractivity contribution in [3.63, 3.8) is 0 Å². The normalized spacial score (nSPS) is 11.6. The number of halogens is 3. The van der Waals surface area contributed by atoms with Gasteiger partial charge in [-0.05, 0) is 48.7 Å². The van der Waals surface area contributed by atoms with Crippen molar-refractivity contribution < 1.29 is 22.8 Å². The van der Waals surface area contributed by atoms with Crippen LogP contribution in [0, 0.1) is 13.8 Å². The summed E-state index contributed by atoms with van der Waals surface area (Å²) >= 11 is 0. The summed E-state index contributed by atoms with van der Waals surface area (Å²) in [5.41, 5.74) is 1.75. The lowest BCUT2D eigenvalue weighted by molar-refractivity contribution is -0.167. The van der Waals surface area contributed by atoms with E-state index >= 15 is 0 Å². The van der Waals surface area contributed by atoms with E-state index in [1.165, 1.54) is 11.0 Å². The second-order valence-electron chi connectivity index (χ2n) is 5.05. The number of hydrogen-bond donors (Lipinski definition) is 1. The Morgan fingerprint density at radius 3 is 2.05 bits per heavy atom. The molecule has 0 atom stereocenters. The van der Waals surface area contributed by atoms with E-state index in [0.29, 0.717) is 16.7 Å². The van der Waals surface area contributed by atoms with E-state index in [0.717, 1.165) is 0 Å². The Labute approximate surface area is 126 Å². The predicted molar refractivity (Wildman–Crippen MR) is 78.3 cm³/mol. The standard InChI is InChI=1S/C15H17F3N2O2/c1-9-7-11(5-6-12(21)20(3)4)8-10(2)13(9)19-14(22)15(16,17)18/h5-8H,1-4H3,(H,19,22). The zero-order chi connectivity index (χ0) is 17.1. The van der Waals surface area contributed by atoms with Crippen molar-refractivity contribution in [2.24, 2.45) is 0 Å². The van der Waals surface area contributed by atoms with Crippen LogP contribution in [0.1, 0.15) is 16.7 Å². The quantitative estimate of drug-likeness (QED) is 0.872. The summed E-state index contributed by atoms with van der Waals surface area (Å²) < 4.78 is 36.9. The maximum absolute atomic E-state index is 12.3. The van der Waals surface area contributed by atoms with Crippen molar-refractivity contribution in [3.05, 3.63) is 34.9 Å². The molecule has 1 aromatic carbocycles. The van der Waals surface area contributed by atoms with Gasteiger partial charge in [0.2, 0.25) is 5.91 Å². The molecule has 1 N–H and O–H groups in total. The molecule has 0 heterocycles. The van der Waals surface area contributed by atoms with Gasteiger partial charge < -0.3 is 10.2 Å². The van der Waals surface area contributed by atoms with Gasteiger partial charge in [0.25, 0.3) is 0 Å². The summed E-state index contributed by atoms with van der Waals surface area (Å²) in [6, 6.07) is 3.19. The van der Waals surface area contributed by atoms with E-state index in [1.807, 2.05) is 5.32 Å². The van der Waals surface area contributed by atoms with Crippen LogP contribution in [0.3, 0.4) is 0 Å². The number of nitrogens with zero attached hydrogens (tertiary/aromatic N) is 1. The average molecular weight is 314 g/mol. The minimum atomic E-state index is -4.93. The molecule has 0 bridgehead atoms. The highest BCUT2D eigenvalue weighted by Crippen LogP contribution is 2.25. The zero-order valence-corrected chi connectivity index (χ0v) is 12.7. The number of hydrogen-bond acceptors (Lipinski definition) is 2. The number of carbonyl (C=O) groups is 2. The molecule has 120 valence electrons. The Balaban J connectivity index is 3.03. The molecule has 4 nitrogen and oxygen atoms in total. The monoisotopic (exact) mass is 314 g/mol. The number of likely N-dealkylation sites (N-methyl/N-ethyl adjacent to an activating group) is 1. The maximum Gasteiger partial charge on any atom is 0.471 e. The molecule has 22 heavy (non-hydrogen) atoms. The Bertz CT molecular complexity index is 597. The van der Waals surface area contributed by atoms with Crippen molar-refractivity contribution in [2.45, 2.75) is 20.0 Å². The van der Waals surface area contributed by atoms with Crippen molar-refractivity contribution in [1.82, 2.24) is 4.90 Å². The molecule has 0 saturated carbocycles. The Hall–Kier alpha value is -2.31. The third-order valence-electron chi connectivity index (χ3n) is 2.91. The third-order valence-corrected chi connectivity index (χ3v) is 2.91. The molecular weight excluding hydrogens is 297 g/mol. The highest BCUT2D eigenvalue weighted by molar-refractivity contribution is 5.96. The number of carbonyl (C=O) groups excluding carboxylic acids is 2. The first kappa shape index (κ1) is 17.7. The molecule has 0 spiro atoms. The number of benzene rings is 1. The van der Waals surface area contributed by atoms with Crippen LogP contribution in [0.2, 0.25) is 0 Å². The van der Waals surface area contributed by atoms with Crippen LogP contribution in [0.4, 0.5) is 18.9 Å². The van der Waals surface area contributed by atoms with Gasteiger partial charge in [0.15, 0.2) is 0 Å². The molecule has 0 saturated heterocycles. The van der Waals surface area contributed by atoms with Gasteiger partial charge in [-0.2, -0.15) is 13.2 Å². The fraction of sp³-hybridized carbons (Fsp3) is 0.333. The van der Waals surface area contributed by atoms with E-state index in [9.17, 15) is 22.8 Å². The number of anilines is 1. The van der Waals surface area contributed by atoms with E-state index < -0.39 is 12.1 Å². The molecule has 0 aromatic heterocycles. The lowest BCUT2D eigenvalue weighted by atomic mass is 10.0. The van der Waals surface area contributed by atoms with Crippen molar-refractivity contribution in [3.8, 4) is 0 Å². The Morgan fingerprint density at radius 2 is 1.64 bits per heavy atom. The molecule has 0 unspecified atom stereocenters. The van der Waals surface area contributed by atoms with Crippen LogP contribution in [0.15, 0.2) is 18.2 Å². The lowest BCUT2D eigenvalue weighted by Crippen LogP contribution is -2.30. The fourth-order valence-electron chi connectivity index (χ4n) is 1.79. The molecule has 0 aliphatic carbocycles. The molecule has 2 amide bonds. The third kappa shape index (κ3) is 4.61. The van der Waals surface area contributed by atoms with Crippen LogP contribution in [-0.2, 0) is 9.59 Å². The predicted octanol–water partition coefficient (Wildman–Crippen LogP) is 2.91. The summed E-state index contributed by atoms with van der Waals surface area (Å²) in [7, 11) is 3.22. The van der Waals surface area contributed by atoms with E-state index in [4.69, 9.17) is 0 Å². The summed E-state index contributed by atoms with van der Waals surface area (Å²) in [6.07, 6.45) is -2.00. The second kappa shape index (κ2) is 6.64. The summed E-state index contributed by atoms with van der Waals surface area (Å²) in [6.45, 7) is 3.17. The number of rotatable bonds is 3. The van der Waals surface area contributed by atoms with Crippen molar-refractivity contribution in [1.29, 1.82) is 0 Å². The van der Waals surface area contributed by atoms with E-state index in [1.54, 1.807) is 46.2 Å². The topological polar surface area (TPSA) is 49.4 Å². The molecule has 0 aliphatic rings. The van der Waals surface area contributed by atoms with Crippen molar-refractivity contribution in [2.75, 3.05) is 19.4 Å². The molecule has 0 fully saturated rings. The number of alkyl halides is 3. The first-order valence-corrected chi connectivity index (χ1v) is 6.41. The Morgan fingerprint density at radius 1 is 1.14 bits per heavy atom. The van der Waals surface area contributed by atoms with Gasteiger partial charge in [-0.3, -0.25) is 9.59 Å². The lowest BCUT2D eigenvalue weighted by Gasteiger charge is -2.14. The summed E-state index contributed by atoms with van der Waals surface area (Å²) in [5.74, 6) is -2.21. The first-order chi connectivity index (χ1) is 10.0. The SMILES string of the molecule is Cc1cc(C=CC(=O)N(C)C)cc(C)c1NC(=O)C(F)(F)F. The minimum Gasteiger partial charge on any atom is -0.345 e. The number of nitrogens with one attached hydrogen (secondary N) is 1. The van der Waals surface area contributed by atoms with Gasteiger partial charge >= 0.3 is 12.1 Å². The van der Waals surface area contributed by atoms with Gasteiger partial charge in [0.1, 0.15) is 0 Å². The molecular formula is C15H17F3N2O2. The van der Waals surface area contributed by atoms with Gasteiger partial charge in [-0.15, -0.1) is 0 Å². The summed E-state index contributed by atoms with van der Waals surface area (Å²) in [5, 5.41) is 1.87. The average Bonchev–Trinajstić information content (AvgIpc) is 2.38. The minimum absolute atomic E-state index is 0.124. The number of aryl methyl sites for hydroxylation is 2. The van der Waals surface area contributed by atoms with Gasteiger partial charge in [0.05, 0.1) is 0 Å². The van der Waals surface area contributed by atoms with Crippen LogP contribution in [-0.4, -0.2) is 37.0 Å². The molecule has 0 radical (unpaired) electrons. The summed E-state index contributed by atoms with van der Waals surface area (Å²) in [4.78, 5) is 23.9. The first-order valence-electron chi connectivity index (χ1n) is 6.41. The molecule has 1 rings (SSSR count). The van der Waals surface area contributed by atoms with Crippen LogP contribution >= 0.6 is 0 Å². The largest absolute Gasteiger partial charge is 0.471 e. The number of amides is 2. The molecule has 1 aromatic rings. The van der Waals surface area contributed by atoms with Gasteiger partial charge in [-0.1, -0.05) is 0 Å².